The molecule has 0 saturated heterocycles. The van der Waals surface area contributed by atoms with Gasteiger partial charge in [0.2, 0.25) is 6.30 Å². The number of benzene rings is 2. The lowest BCUT2D eigenvalue weighted by atomic mass is 10.1. The van der Waals surface area contributed by atoms with E-state index in [1.165, 1.54) is 31.2 Å². The summed E-state index contributed by atoms with van der Waals surface area (Å²) in [5.41, 5.74) is -0.713. The maximum absolute atomic E-state index is 14.1. The molecule has 0 aliphatic rings. The predicted molar refractivity (Wildman–Crippen MR) is 78.9 cm³/mol. The normalized spacial score (nSPS) is 12.1. The van der Waals surface area contributed by atoms with Crippen molar-refractivity contribution in [2.24, 2.45) is 0 Å². The van der Waals surface area contributed by atoms with Crippen LogP contribution in [0.25, 0.3) is 0 Å². The number of carbonyl (C=O) groups is 1. The third-order valence-corrected chi connectivity index (χ3v) is 3.66. The fourth-order valence-corrected chi connectivity index (χ4v) is 2.41. The van der Waals surface area contributed by atoms with Crippen molar-refractivity contribution in [2.45, 2.75) is 13.2 Å². The Hall–Kier alpha value is -1.72. The molecule has 22 heavy (non-hydrogen) atoms. The summed E-state index contributed by atoms with van der Waals surface area (Å²) in [6, 6.07) is 6.61. The number of hydrogen-bond donors (Lipinski definition) is 1. The average Bonchev–Trinajstić information content (AvgIpc) is 2.44. The number of halogens is 5. The van der Waals surface area contributed by atoms with Crippen molar-refractivity contribution in [3.63, 3.8) is 0 Å². The van der Waals surface area contributed by atoms with Gasteiger partial charge in [-0.25, -0.2) is 13.2 Å². The van der Waals surface area contributed by atoms with Gasteiger partial charge in [-0.3, -0.25) is 4.79 Å². The minimum absolute atomic E-state index is 0.0211. The zero-order chi connectivity index (χ0) is 16.4. The number of amides is 1. The Labute approximate surface area is 134 Å². The second-order valence-electron chi connectivity index (χ2n) is 4.53. The lowest BCUT2D eigenvalue weighted by Crippen LogP contribution is -2.27. The predicted octanol–water partition coefficient (Wildman–Crippen LogP) is 4.98. The highest BCUT2D eigenvalue weighted by molar-refractivity contribution is 6.39. The highest BCUT2D eigenvalue weighted by Gasteiger charge is 2.23. The van der Waals surface area contributed by atoms with E-state index in [9.17, 15) is 18.0 Å². The zero-order valence-electron chi connectivity index (χ0n) is 11.3. The highest BCUT2D eigenvalue weighted by Crippen LogP contribution is 2.27. The summed E-state index contributed by atoms with van der Waals surface area (Å²) in [5.74, 6) is -3.44. The van der Waals surface area contributed by atoms with Crippen LogP contribution in [0.3, 0.4) is 0 Å². The molecule has 0 aliphatic heterocycles. The number of rotatable bonds is 3. The minimum Gasteiger partial charge on any atom is -0.318 e. The molecule has 1 unspecified atom stereocenters. The van der Waals surface area contributed by atoms with E-state index in [0.29, 0.717) is 0 Å². The lowest BCUT2D eigenvalue weighted by molar-refractivity contribution is 0.0892. The highest BCUT2D eigenvalue weighted by atomic mass is 35.5. The van der Waals surface area contributed by atoms with Gasteiger partial charge < -0.3 is 5.32 Å². The van der Waals surface area contributed by atoms with Gasteiger partial charge in [0.15, 0.2) is 11.6 Å². The second kappa shape index (κ2) is 6.58. The third-order valence-electron chi connectivity index (χ3n) is 3.03. The quantitative estimate of drug-likeness (QED) is 0.779. The van der Waals surface area contributed by atoms with Gasteiger partial charge in [0.1, 0.15) is 0 Å². The molecular weight excluding hydrogens is 338 g/mol. The van der Waals surface area contributed by atoms with E-state index in [1.807, 2.05) is 5.32 Å². The minimum atomic E-state index is -2.24. The first-order valence-corrected chi connectivity index (χ1v) is 6.92. The summed E-state index contributed by atoms with van der Waals surface area (Å²) in [7, 11) is 0. The van der Waals surface area contributed by atoms with Crippen LogP contribution in [0.4, 0.5) is 13.2 Å². The second-order valence-corrected chi connectivity index (χ2v) is 5.35. The molecule has 0 bridgehead atoms. The van der Waals surface area contributed by atoms with Gasteiger partial charge >= 0.3 is 0 Å². The smallest absolute Gasteiger partial charge is 0.256 e. The van der Waals surface area contributed by atoms with Crippen LogP contribution in [0, 0.1) is 18.6 Å². The van der Waals surface area contributed by atoms with Crippen molar-refractivity contribution in [3.05, 3.63) is 68.7 Å². The van der Waals surface area contributed by atoms with Crippen LogP contribution in [0.1, 0.15) is 27.8 Å². The van der Waals surface area contributed by atoms with Crippen molar-refractivity contribution in [1.29, 1.82) is 0 Å². The SMILES string of the molecule is Cc1ccc(C(F)NC(=O)c2c(Cl)cccc2Cl)c(F)c1F. The summed E-state index contributed by atoms with van der Waals surface area (Å²) in [5, 5.41) is 1.94. The van der Waals surface area contributed by atoms with Gasteiger partial charge in [-0.2, -0.15) is 0 Å². The molecule has 1 N–H and O–H groups in total. The summed E-state index contributed by atoms with van der Waals surface area (Å²) in [4.78, 5) is 12.0. The Morgan fingerprint density at radius 1 is 1.09 bits per heavy atom. The number of aryl methyl sites for hydroxylation is 1. The van der Waals surface area contributed by atoms with E-state index in [1.54, 1.807) is 0 Å². The van der Waals surface area contributed by atoms with Gasteiger partial charge in [0.25, 0.3) is 5.91 Å². The Balaban J connectivity index is 2.28. The van der Waals surface area contributed by atoms with Crippen LogP contribution in [-0.4, -0.2) is 5.91 Å². The van der Waals surface area contributed by atoms with Gasteiger partial charge in [-0.15, -0.1) is 0 Å². The van der Waals surface area contributed by atoms with Gasteiger partial charge in [-0.05, 0) is 24.6 Å². The van der Waals surface area contributed by atoms with Crippen molar-refractivity contribution < 1.29 is 18.0 Å². The molecule has 0 saturated carbocycles. The lowest BCUT2D eigenvalue weighted by Gasteiger charge is -2.14. The Bertz CT molecular complexity index is 717. The van der Waals surface area contributed by atoms with Crippen LogP contribution in [0.15, 0.2) is 30.3 Å². The molecule has 0 fully saturated rings. The first-order valence-electron chi connectivity index (χ1n) is 6.16. The molecule has 0 radical (unpaired) electrons. The molecule has 7 heteroatoms. The molecule has 2 aromatic rings. The van der Waals surface area contributed by atoms with E-state index >= 15 is 0 Å². The number of alkyl halides is 1. The first-order chi connectivity index (χ1) is 10.3. The van der Waals surface area contributed by atoms with E-state index < -0.39 is 29.4 Å². The van der Waals surface area contributed by atoms with E-state index in [2.05, 4.69) is 0 Å². The van der Waals surface area contributed by atoms with Crippen LogP contribution >= 0.6 is 23.2 Å². The first kappa shape index (κ1) is 16.6. The molecule has 2 aromatic carbocycles. The summed E-state index contributed by atoms with van der Waals surface area (Å²) in [6.07, 6.45) is -2.24. The number of hydrogen-bond acceptors (Lipinski definition) is 1. The molecule has 1 amide bonds. The molecule has 2 rings (SSSR count). The molecule has 0 aliphatic carbocycles. The van der Waals surface area contributed by atoms with Crippen molar-refractivity contribution in [1.82, 2.24) is 5.32 Å². The molecule has 0 heterocycles. The van der Waals surface area contributed by atoms with E-state index in [4.69, 9.17) is 23.2 Å². The average molecular weight is 348 g/mol. The van der Waals surface area contributed by atoms with Crippen LogP contribution in [0.2, 0.25) is 10.0 Å². The Morgan fingerprint density at radius 3 is 2.27 bits per heavy atom. The molecule has 0 spiro atoms. The zero-order valence-corrected chi connectivity index (χ0v) is 12.8. The number of carbonyl (C=O) groups excluding carboxylic acids is 1. The van der Waals surface area contributed by atoms with Crippen molar-refractivity contribution in [3.8, 4) is 0 Å². The Kier molecular flexibility index (Phi) is 4.98. The summed E-state index contributed by atoms with van der Waals surface area (Å²) >= 11 is 11.7. The van der Waals surface area contributed by atoms with Gasteiger partial charge in [0, 0.05) is 5.56 Å². The van der Waals surface area contributed by atoms with Crippen molar-refractivity contribution >= 4 is 29.1 Å². The van der Waals surface area contributed by atoms with Crippen molar-refractivity contribution in [2.75, 3.05) is 0 Å². The van der Waals surface area contributed by atoms with Crippen LogP contribution < -0.4 is 5.32 Å². The van der Waals surface area contributed by atoms with Crippen LogP contribution in [-0.2, 0) is 0 Å². The molecule has 116 valence electrons. The van der Waals surface area contributed by atoms with Gasteiger partial charge in [-0.1, -0.05) is 41.4 Å². The fraction of sp³-hybridized carbons (Fsp3) is 0.133. The maximum atomic E-state index is 14.1. The third kappa shape index (κ3) is 3.20. The summed E-state index contributed by atoms with van der Waals surface area (Å²) < 4.78 is 41.2. The standard InChI is InChI=1S/C15H10Cl2F3NO/c1-7-5-6-8(13(19)12(7)18)14(20)21-15(22)11-9(16)3-2-4-10(11)17/h2-6,14H,1H3,(H,21,22). The van der Waals surface area contributed by atoms with Crippen LogP contribution in [0.5, 0.6) is 0 Å². The molecule has 0 aromatic heterocycles. The van der Waals surface area contributed by atoms with E-state index in [-0.39, 0.29) is 21.2 Å². The largest absolute Gasteiger partial charge is 0.318 e. The Morgan fingerprint density at radius 2 is 1.68 bits per heavy atom. The molecule has 1 atom stereocenters. The fourth-order valence-electron chi connectivity index (χ4n) is 1.84. The number of nitrogens with one attached hydrogen (secondary N) is 1. The topological polar surface area (TPSA) is 29.1 Å². The monoisotopic (exact) mass is 347 g/mol. The summed E-state index contributed by atoms with van der Waals surface area (Å²) in [6.45, 7) is 1.34. The molecular formula is C15H10Cl2F3NO. The molecule has 2 nitrogen and oxygen atoms in total. The maximum Gasteiger partial charge on any atom is 0.256 e. The van der Waals surface area contributed by atoms with E-state index in [0.717, 1.165) is 6.07 Å². The van der Waals surface area contributed by atoms with Gasteiger partial charge in [0.05, 0.1) is 15.6 Å².